The van der Waals surface area contributed by atoms with Crippen LogP contribution in [-0.2, 0) is 0 Å². The summed E-state index contributed by atoms with van der Waals surface area (Å²) in [6.45, 7) is -0.537. The summed E-state index contributed by atoms with van der Waals surface area (Å²) < 4.78 is 59.6. The van der Waals surface area contributed by atoms with E-state index in [4.69, 9.17) is 10.2 Å². The minimum Gasteiger partial charge on any atom is -0.421 e. The van der Waals surface area contributed by atoms with Crippen LogP contribution in [0.4, 0.5) is 23.2 Å². The molecule has 3 N–H and O–H groups in total. The summed E-state index contributed by atoms with van der Waals surface area (Å²) in [5.41, 5.74) is 0.237. The topological polar surface area (TPSA) is 71.0 Å². The van der Waals surface area contributed by atoms with E-state index in [0.717, 1.165) is 12.1 Å². The van der Waals surface area contributed by atoms with E-state index in [-0.39, 0.29) is 12.2 Å². The number of alkyl halides is 4. The molecular weight excluding hydrogens is 286 g/mol. The zero-order chi connectivity index (χ0) is 15.0. The SMILES string of the molecule is OCC(O)CNc1ccc2c(c1)OC(F)(F)C(F)(F)O2. The highest BCUT2D eigenvalue weighted by molar-refractivity contribution is 5.55. The molecule has 0 amide bonds. The van der Waals surface area contributed by atoms with Crippen molar-refractivity contribution in [2.24, 2.45) is 0 Å². The minimum atomic E-state index is -4.77. The van der Waals surface area contributed by atoms with Crippen molar-refractivity contribution in [2.45, 2.75) is 18.3 Å². The molecule has 0 radical (unpaired) electrons. The zero-order valence-corrected chi connectivity index (χ0v) is 9.95. The first-order chi connectivity index (χ1) is 9.25. The fourth-order valence-corrected chi connectivity index (χ4v) is 1.48. The number of aliphatic hydroxyl groups excluding tert-OH is 2. The van der Waals surface area contributed by atoms with Gasteiger partial charge in [-0.15, -0.1) is 0 Å². The Morgan fingerprint density at radius 3 is 2.30 bits per heavy atom. The van der Waals surface area contributed by atoms with E-state index in [2.05, 4.69) is 14.8 Å². The highest BCUT2D eigenvalue weighted by atomic mass is 19.3. The maximum atomic E-state index is 13.0. The standard InChI is InChI=1S/C11H11F4NO4/c12-10(13)11(14,15)20-9-3-6(1-2-8(9)19-10)16-4-7(18)5-17/h1-3,7,16-18H,4-5H2. The molecule has 1 unspecified atom stereocenters. The number of aliphatic hydroxyl groups is 2. The van der Waals surface area contributed by atoms with Crippen LogP contribution in [0.25, 0.3) is 0 Å². The quantitative estimate of drug-likeness (QED) is 0.733. The van der Waals surface area contributed by atoms with Gasteiger partial charge in [0.15, 0.2) is 11.5 Å². The summed E-state index contributed by atoms with van der Waals surface area (Å²) in [4.78, 5) is 0. The molecule has 0 aromatic heterocycles. The smallest absolute Gasteiger partial charge is 0.421 e. The molecule has 1 atom stereocenters. The fourth-order valence-electron chi connectivity index (χ4n) is 1.48. The van der Waals surface area contributed by atoms with E-state index in [1.54, 1.807) is 0 Å². The number of hydrogen-bond donors (Lipinski definition) is 3. The Kier molecular flexibility index (Phi) is 3.65. The van der Waals surface area contributed by atoms with Gasteiger partial charge in [0.25, 0.3) is 0 Å². The number of nitrogens with one attached hydrogen (secondary N) is 1. The maximum Gasteiger partial charge on any atom is 0.507 e. The second-order valence-corrected chi connectivity index (χ2v) is 4.12. The Morgan fingerprint density at radius 1 is 1.10 bits per heavy atom. The molecule has 112 valence electrons. The van der Waals surface area contributed by atoms with Gasteiger partial charge in [-0.1, -0.05) is 0 Å². The summed E-state index contributed by atoms with van der Waals surface area (Å²) in [6.07, 6.45) is -10.6. The lowest BCUT2D eigenvalue weighted by atomic mass is 10.2. The molecule has 0 saturated carbocycles. The Morgan fingerprint density at radius 2 is 1.70 bits per heavy atom. The van der Waals surface area contributed by atoms with E-state index in [1.165, 1.54) is 6.07 Å². The van der Waals surface area contributed by atoms with Crippen molar-refractivity contribution < 1.29 is 37.2 Å². The maximum absolute atomic E-state index is 13.0. The van der Waals surface area contributed by atoms with E-state index in [1.807, 2.05) is 0 Å². The van der Waals surface area contributed by atoms with Gasteiger partial charge in [0.2, 0.25) is 0 Å². The Balaban J connectivity index is 2.17. The summed E-state index contributed by atoms with van der Waals surface area (Å²) >= 11 is 0. The zero-order valence-electron chi connectivity index (χ0n) is 9.95. The number of fused-ring (bicyclic) bond motifs is 1. The molecule has 1 aliphatic rings. The van der Waals surface area contributed by atoms with Crippen LogP contribution in [0, 0.1) is 0 Å². The van der Waals surface area contributed by atoms with Crippen LogP contribution in [0.3, 0.4) is 0 Å². The molecule has 0 fully saturated rings. The first-order valence-electron chi connectivity index (χ1n) is 5.55. The van der Waals surface area contributed by atoms with Gasteiger partial charge >= 0.3 is 12.2 Å². The first kappa shape index (κ1) is 14.7. The van der Waals surface area contributed by atoms with Crippen molar-refractivity contribution in [3.8, 4) is 11.5 Å². The number of benzene rings is 1. The van der Waals surface area contributed by atoms with E-state index >= 15 is 0 Å². The third-order valence-electron chi connectivity index (χ3n) is 2.51. The predicted octanol–water partition coefficient (Wildman–Crippen LogP) is 1.41. The first-order valence-corrected chi connectivity index (χ1v) is 5.55. The third-order valence-corrected chi connectivity index (χ3v) is 2.51. The summed E-state index contributed by atoms with van der Waals surface area (Å²) in [7, 11) is 0. The highest BCUT2D eigenvalue weighted by Gasteiger charge is 2.65. The van der Waals surface area contributed by atoms with Crippen LogP contribution >= 0.6 is 0 Å². The number of halogens is 4. The van der Waals surface area contributed by atoms with Gasteiger partial charge in [0.1, 0.15) is 0 Å². The monoisotopic (exact) mass is 297 g/mol. The Hall–Kier alpha value is -1.74. The molecule has 1 aromatic carbocycles. The molecule has 5 nitrogen and oxygen atoms in total. The normalized spacial score (nSPS) is 20.3. The average molecular weight is 297 g/mol. The van der Waals surface area contributed by atoms with Crippen LogP contribution < -0.4 is 14.8 Å². The van der Waals surface area contributed by atoms with Crippen molar-refractivity contribution in [3.05, 3.63) is 18.2 Å². The number of anilines is 1. The molecule has 0 spiro atoms. The van der Waals surface area contributed by atoms with Crippen molar-refractivity contribution in [3.63, 3.8) is 0 Å². The van der Waals surface area contributed by atoms with Gasteiger partial charge in [0, 0.05) is 18.3 Å². The number of ether oxygens (including phenoxy) is 2. The van der Waals surface area contributed by atoms with Crippen LogP contribution in [0.15, 0.2) is 18.2 Å². The summed E-state index contributed by atoms with van der Waals surface area (Å²) in [5, 5.41) is 20.4. The molecule has 0 saturated heterocycles. The number of hydrogen-bond acceptors (Lipinski definition) is 5. The Labute approximate surface area is 110 Å². The lowest BCUT2D eigenvalue weighted by Crippen LogP contribution is -2.52. The van der Waals surface area contributed by atoms with Crippen LogP contribution in [0.5, 0.6) is 11.5 Å². The van der Waals surface area contributed by atoms with E-state index in [9.17, 15) is 17.6 Å². The van der Waals surface area contributed by atoms with E-state index in [0.29, 0.717) is 0 Å². The van der Waals surface area contributed by atoms with Gasteiger partial charge < -0.3 is 25.0 Å². The van der Waals surface area contributed by atoms with Gasteiger partial charge in [-0.05, 0) is 12.1 Å². The molecule has 20 heavy (non-hydrogen) atoms. The van der Waals surface area contributed by atoms with Gasteiger partial charge in [-0.2, -0.15) is 17.6 Å². The molecule has 2 rings (SSSR count). The van der Waals surface area contributed by atoms with E-state index < -0.39 is 36.4 Å². The second-order valence-electron chi connectivity index (χ2n) is 4.12. The van der Waals surface area contributed by atoms with Crippen LogP contribution in [0.1, 0.15) is 0 Å². The molecule has 0 bridgehead atoms. The second kappa shape index (κ2) is 4.98. The van der Waals surface area contributed by atoms with Gasteiger partial charge in [-0.25, -0.2) is 0 Å². The molecule has 1 aliphatic heterocycles. The third kappa shape index (κ3) is 2.73. The largest absolute Gasteiger partial charge is 0.507 e. The van der Waals surface area contributed by atoms with Crippen molar-refractivity contribution in [2.75, 3.05) is 18.5 Å². The Bertz CT molecular complexity index is 497. The highest BCUT2D eigenvalue weighted by Crippen LogP contribution is 2.47. The van der Waals surface area contributed by atoms with Crippen LogP contribution in [-0.4, -0.2) is 41.7 Å². The molecule has 0 aliphatic carbocycles. The lowest BCUT2D eigenvalue weighted by molar-refractivity contribution is -0.391. The summed E-state index contributed by atoms with van der Waals surface area (Å²) in [5.74, 6) is -1.07. The van der Waals surface area contributed by atoms with Crippen molar-refractivity contribution in [1.82, 2.24) is 0 Å². The van der Waals surface area contributed by atoms with Gasteiger partial charge in [-0.3, -0.25) is 0 Å². The predicted molar refractivity (Wildman–Crippen MR) is 59.2 cm³/mol. The molecule has 1 heterocycles. The van der Waals surface area contributed by atoms with Crippen molar-refractivity contribution in [1.29, 1.82) is 0 Å². The summed E-state index contributed by atoms with van der Waals surface area (Å²) in [6, 6.07) is 3.35. The fraction of sp³-hybridized carbons (Fsp3) is 0.455. The number of rotatable bonds is 4. The van der Waals surface area contributed by atoms with Crippen LogP contribution in [0.2, 0.25) is 0 Å². The molecule has 9 heteroatoms. The van der Waals surface area contributed by atoms with Gasteiger partial charge in [0.05, 0.1) is 12.7 Å². The lowest BCUT2D eigenvalue weighted by Gasteiger charge is -2.32. The van der Waals surface area contributed by atoms with Crippen molar-refractivity contribution >= 4 is 5.69 Å². The average Bonchev–Trinajstić information content (AvgIpc) is 2.36. The molecular formula is C11H11F4NO4. The minimum absolute atomic E-state index is 0.0529. The molecule has 1 aromatic rings.